The maximum absolute atomic E-state index is 12.9. The smallest absolute Gasteiger partial charge is 0.305 e. The first-order valence-corrected chi connectivity index (χ1v) is 9.99. The number of anilines is 1. The number of amides is 1. The Morgan fingerprint density at radius 1 is 1.36 bits per heavy atom. The first kappa shape index (κ1) is 25.1. The molecule has 2 aromatic heterocycles. The van der Waals surface area contributed by atoms with Crippen LogP contribution in [0.5, 0.6) is 0 Å². The molecule has 13 heteroatoms. The Bertz CT molecular complexity index is 1100. The number of ketones is 1. The Morgan fingerprint density at radius 3 is 2.67 bits per heavy atom. The molecule has 2 unspecified atom stereocenters. The van der Waals surface area contributed by atoms with Crippen molar-refractivity contribution in [1.29, 1.82) is 0 Å². The SMILES string of the molecule is C#CN(C)CC(=O)C(CC(=O)O)NC(=O)C(CC)n1ccnc(NCc2nonc2C)c1=O. The van der Waals surface area contributed by atoms with E-state index in [1.54, 1.807) is 13.8 Å². The second-order valence-corrected chi connectivity index (χ2v) is 7.17. The Morgan fingerprint density at radius 2 is 2.09 bits per heavy atom. The zero-order valence-corrected chi connectivity index (χ0v) is 18.4. The van der Waals surface area contributed by atoms with Crippen molar-refractivity contribution in [3.63, 3.8) is 0 Å². The molecule has 3 N–H and O–H groups in total. The monoisotopic (exact) mass is 459 g/mol. The summed E-state index contributed by atoms with van der Waals surface area (Å²) in [6, 6.07) is -0.0810. The molecule has 0 bridgehead atoms. The molecular formula is C20H25N7O6. The zero-order valence-electron chi connectivity index (χ0n) is 18.4. The van der Waals surface area contributed by atoms with Crippen LogP contribution in [0.25, 0.3) is 0 Å². The molecule has 0 saturated carbocycles. The summed E-state index contributed by atoms with van der Waals surface area (Å²) in [5, 5.41) is 21.8. The molecule has 0 aliphatic carbocycles. The average Bonchev–Trinajstić information content (AvgIpc) is 3.18. The number of aromatic nitrogens is 4. The first-order chi connectivity index (χ1) is 15.7. The molecule has 2 rings (SSSR count). The number of hydrogen-bond donors (Lipinski definition) is 3. The van der Waals surface area contributed by atoms with E-state index in [9.17, 15) is 19.2 Å². The highest BCUT2D eigenvalue weighted by Crippen LogP contribution is 2.12. The molecule has 0 spiro atoms. The van der Waals surface area contributed by atoms with Gasteiger partial charge in [-0.15, -0.1) is 0 Å². The number of carbonyl (C=O) groups is 3. The Labute approximate surface area is 189 Å². The number of likely N-dealkylation sites (N-methyl/N-ethyl adjacent to an activating group) is 1. The summed E-state index contributed by atoms with van der Waals surface area (Å²) in [6.45, 7) is 3.25. The molecule has 2 aromatic rings. The Hall–Kier alpha value is -4.21. The van der Waals surface area contributed by atoms with E-state index in [2.05, 4.69) is 36.6 Å². The number of carboxylic acids is 1. The summed E-state index contributed by atoms with van der Waals surface area (Å²) >= 11 is 0. The lowest BCUT2D eigenvalue weighted by molar-refractivity contribution is -0.140. The van der Waals surface area contributed by atoms with Gasteiger partial charge in [0.25, 0.3) is 5.56 Å². The number of carboxylic acid groups (broad SMARTS) is 1. The molecule has 33 heavy (non-hydrogen) atoms. The van der Waals surface area contributed by atoms with Gasteiger partial charge >= 0.3 is 5.97 Å². The fourth-order valence-corrected chi connectivity index (χ4v) is 2.95. The summed E-state index contributed by atoms with van der Waals surface area (Å²) in [6.07, 6.45) is 7.47. The number of Topliss-reactive ketones (excluding diaryl/α,β-unsaturated/α-hetero) is 1. The molecule has 0 radical (unpaired) electrons. The van der Waals surface area contributed by atoms with Gasteiger partial charge in [0.2, 0.25) is 5.91 Å². The second kappa shape index (κ2) is 11.4. The highest BCUT2D eigenvalue weighted by atomic mass is 16.6. The maximum atomic E-state index is 12.9. The summed E-state index contributed by atoms with van der Waals surface area (Å²) in [5.74, 6) is -2.55. The largest absolute Gasteiger partial charge is 0.481 e. The number of hydrogen-bond acceptors (Lipinski definition) is 10. The molecule has 0 aromatic carbocycles. The highest BCUT2D eigenvalue weighted by molar-refractivity contribution is 5.94. The van der Waals surface area contributed by atoms with Crippen LogP contribution in [0, 0.1) is 19.4 Å². The lowest BCUT2D eigenvalue weighted by Gasteiger charge is -2.23. The van der Waals surface area contributed by atoms with Gasteiger partial charge < -0.3 is 20.6 Å². The van der Waals surface area contributed by atoms with Gasteiger partial charge in [0.15, 0.2) is 11.6 Å². The van der Waals surface area contributed by atoms with Crippen LogP contribution in [-0.4, -0.2) is 67.2 Å². The van der Waals surface area contributed by atoms with Crippen LogP contribution in [0.3, 0.4) is 0 Å². The van der Waals surface area contributed by atoms with Gasteiger partial charge in [0.1, 0.15) is 17.4 Å². The molecular weight excluding hydrogens is 434 g/mol. The fourth-order valence-electron chi connectivity index (χ4n) is 2.95. The van der Waals surface area contributed by atoms with Gasteiger partial charge in [-0.25, -0.2) is 9.61 Å². The lowest BCUT2D eigenvalue weighted by Crippen LogP contribution is -2.48. The van der Waals surface area contributed by atoms with Crippen LogP contribution >= 0.6 is 0 Å². The minimum atomic E-state index is -1.31. The number of carbonyl (C=O) groups excluding carboxylic acids is 2. The summed E-state index contributed by atoms with van der Waals surface area (Å²) < 4.78 is 5.77. The first-order valence-electron chi connectivity index (χ1n) is 9.99. The van der Waals surface area contributed by atoms with Crippen LogP contribution in [0.15, 0.2) is 21.8 Å². The Balaban J connectivity index is 2.21. The van der Waals surface area contributed by atoms with E-state index in [4.69, 9.17) is 11.5 Å². The molecule has 0 fully saturated rings. The van der Waals surface area contributed by atoms with E-state index < -0.39 is 41.7 Å². The number of terminal acetylenes is 1. The van der Waals surface area contributed by atoms with Gasteiger partial charge in [-0.05, 0) is 13.3 Å². The van der Waals surface area contributed by atoms with Crippen molar-refractivity contribution in [3.05, 3.63) is 34.1 Å². The fraction of sp³-hybridized carbons (Fsp3) is 0.450. The standard InChI is InChI=1S/C20H25N7O6/c1-5-15(19(31)23-13(9-17(29)30)16(28)11-26(4)6-2)27-8-7-21-18(20(27)32)22-10-14-12(3)24-33-25-14/h2,7-8,13,15H,5,9-11H2,1,3-4H3,(H,21,22)(H,23,31)(H,29,30). The molecule has 2 heterocycles. The number of nitrogens with zero attached hydrogens (tertiary/aromatic N) is 5. The van der Waals surface area contributed by atoms with E-state index in [-0.39, 0.29) is 25.3 Å². The lowest BCUT2D eigenvalue weighted by atomic mass is 10.1. The molecule has 13 nitrogen and oxygen atoms in total. The van der Waals surface area contributed by atoms with Crippen molar-refractivity contribution in [3.8, 4) is 12.5 Å². The second-order valence-electron chi connectivity index (χ2n) is 7.17. The predicted molar refractivity (Wildman–Crippen MR) is 115 cm³/mol. The van der Waals surface area contributed by atoms with Crippen molar-refractivity contribution in [2.75, 3.05) is 18.9 Å². The van der Waals surface area contributed by atoms with Gasteiger partial charge in [-0.2, -0.15) is 0 Å². The summed E-state index contributed by atoms with van der Waals surface area (Å²) in [4.78, 5) is 54.7. The Kier molecular flexibility index (Phi) is 8.67. The molecule has 0 aliphatic rings. The van der Waals surface area contributed by atoms with Crippen LogP contribution in [0.1, 0.15) is 37.2 Å². The minimum Gasteiger partial charge on any atom is -0.481 e. The number of aryl methyl sites for hydroxylation is 1. The number of rotatable bonds is 12. The third-order valence-electron chi connectivity index (χ3n) is 4.76. The van der Waals surface area contributed by atoms with Crippen molar-refractivity contribution >= 4 is 23.5 Å². The van der Waals surface area contributed by atoms with Gasteiger partial charge in [-0.1, -0.05) is 23.7 Å². The van der Waals surface area contributed by atoms with E-state index >= 15 is 0 Å². The van der Waals surface area contributed by atoms with Crippen molar-refractivity contribution in [1.82, 2.24) is 30.1 Å². The van der Waals surface area contributed by atoms with E-state index in [1.165, 1.54) is 24.3 Å². The molecule has 176 valence electrons. The minimum absolute atomic E-state index is 0.0278. The molecule has 2 atom stereocenters. The predicted octanol–water partition coefficient (Wildman–Crippen LogP) is -0.451. The van der Waals surface area contributed by atoms with Crippen molar-refractivity contribution in [2.45, 2.75) is 45.3 Å². The van der Waals surface area contributed by atoms with E-state index in [0.29, 0.717) is 11.4 Å². The topological polar surface area (TPSA) is 173 Å². The quantitative estimate of drug-likeness (QED) is 0.277. The zero-order chi connectivity index (χ0) is 24.5. The number of aliphatic carboxylic acids is 1. The maximum Gasteiger partial charge on any atom is 0.305 e. The third-order valence-corrected chi connectivity index (χ3v) is 4.76. The third kappa shape index (κ3) is 6.63. The highest BCUT2D eigenvalue weighted by Gasteiger charge is 2.28. The van der Waals surface area contributed by atoms with E-state index in [0.717, 1.165) is 4.57 Å². The van der Waals surface area contributed by atoms with E-state index in [1.807, 2.05) is 0 Å². The van der Waals surface area contributed by atoms with Gasteiger partial charge in [0, 0.05) is 25.5 Å². The van der Waals surface area contributed by atoms with Crippen LogP contribution in [0.2, 0.25) is 0 Å². The molecule has 0 aliphatic heterocycles. The van der Waals surface area contributed by atoms with Crippen molar-refractivity contribution in [2.24, 2.45) is 0 Å². The summed E-state index contributed by atoms with van der Waals surface area (Å²) in [5.41, 5.74) is 0.458. The van der Waals surface area contributed by atoms with Crippen LogP contribution < -0.4 is 16.2 Å². The molecule has 1 amide bonds. The average molecular weight is 459 g/mol. The number of nitrogens with one attached hydrogen (secondary N) is 2. The van der Waals surface area contributed by atoms with Gasteiger partial charge in [0.05, 0.1) is 25.6 Å². The van der Waals surface area contributed by atoms with Crippen LogP contribution in [0.4, 0.5) is 5.82 Å². The van der Waals surface area contributed by atoms with Gasteiger partial charge in [-0.3, -0.25) is 23.7 Å². The van der Waals surface area contributed by atoms with Crippen molar-refractivity contribution < 1.29 is 24.1 Å². The summed E-state index contributed by atoms with van der Waals surface area (Å²) in [7, 11) is 1.48. The molecule has 0 saturated heterocycles. The normalized spacial score (nSPS) is 12.3. The van der Waals surface area contributed by atoms with Crippen LogP contribution in [-0.2, 0) is 20.9 Å².